The topological polar surface area (TPSA) is 110 Å². The highest BCUT2D eigenvalue weighted by Crippen LogP contribution is 2.36. The van der Waals surface area contributed by atoms with Gasteiger partial charge in [-0.15, -0.1) is 0 Å². The zero-order valence-electron chi connectivity index (χ0n) is 5.77. The van der Waals surface area contributed by atoms with Crippen molar-refractivity contribution in [2.75, 3.05) is 6.54 Å². The van der Waals surface area contributed by atoms with Gasteiger partial charge in [-0.25, -0.2) is 4.57 Å². The van der Waals surface area contributed by atoms with E-state index in [2.05, 4.69) is 4.52 Å². The van der Waals surface area contributed by atoms with Crippen LogP contribution in [0.1, 0.15) is 12.8 Å². The standard InChI is InChI=1S/C4H10NO5P/c5-3-1-2-4(6)10-11(7,8)9/h1-3,5H2,(H2,7,8,9). The summed E-state index contributed by atoms with van der Waals surface area (Å²) < 4.78 is 13.7. The molecule has 0 saturated carbocycles. The second-order valence-electron chi connectivity index (χ2n) is 1.85. The Hall–Kier alpha value is -0.420. The number of phosphoric acid groups is 1. The molecule has 0 aliphatic heterocycles. The van der Waals surface area contributed by atoms with Gasteiger partial charge in [-0.05, 0) is 13.0 Å². The van der Waals surface area contributed by atoms with Crippen LogP contribution in [0.5, 0.6) is 0 Å². The van der Waals surface area contributed by atoms with Crippen LogP contribution in [-0.2, 0) is 13.9 Å². The molecule has 0 saturated heterocycles. The lowest BCUT2D eigenvalue weighted by atomic mass is 10.3. The predicted molar refractivity (Wildman–Crippen MR) is 36.4 cm³/mol. The maximum absolute atomic E-state index is 10.4. The quantitative estimate of drug-likeness (QED) is 0.500. The molecule has 11 heavy (non-hydrogen) atoms. The van der Waals surface area contributed by atoms with Crippen LogP contribution in [0.15, 0.2) is 0 Å². The molecule has 0 aliphatic carbocycles. The molecule has 0 spiro atoms. The van der Waals surface area contributed by atoms with Crippen LogP contribution >= 0.6 is 7.82 Å². The fourth-order valence-corrected chi connectivity index (χ4v) is 0.781. The SMILES string of the molecule is NCCCC(=O)OP(=O)(O)O. The third-order valence-corrected chi connectivity index (χ3v) is 1.25. The summed E-state index contributed by atoms with van der Waals surface area (Å²) in [4.78, 5) is 26.7. The first kappa shape index (κ1) is 10.6. The Morgan fingerprint density at radius 1 is 1.55 bits per heavy atom. The Balaban J connectivity index is 3.62. The Labute approximate surface area is 63.6 Å². The zero-order valence-corrected chi connectivity index (χ0v) is 6.66. The summed E-state index contributed by atoms with van der Waals surface area (Å²) in [6.07, 6.45) is 0.292. The monoisotopic (exact) mass is 183 g/mol. The normalized spacial score (nSPS) is 11.2. The number of hydrogen-bond donors (Lipinski definition) is 3. The first-order valence-electron chi connectivity index (χ1n) is 2.94. The zero-order chi connectivity index (χ0) is 8.91. The molecule has 6 nitrogen and oxygen atoms in total. The van der Waals surface area contributed by atoms with Gasteiger partial charge in [-0.3, -0.25) is 14.6 Å². The van der Waals surface area contributed by atoms with E-state index in [9.17, 15) is 9.36 Å². The fourth-order valence-electron chi connectivity index (χ4n) is 0.425. The first-order valence-corrected chi connectivity index (χ1v) is 4.47. The second kappa shape index (κ2) is 4.46. The van der Waals surface area contributed by atoms with Gasteiger partial charge >= 0.3 is 13.8 Å². The summed E-state index contributed by atoms with van der Waals surface area (Å²) in [6, 6.07) is 0. The minimum Gasteiger partial charge on any atom is -0.371 e. The predicted octanol–water partition coefficient (Wildman–Crippen LogP) is -0.639. The molecule has 66 valence electrons. The van der Waals surface area contributed by atoms with Gasteiger partial charge in [0.15, 0.2) is 0 Å². The minimum absolute atomic E-state index is 0.0678. The maximum atomic E-state index is 10.4. The van der Waals surface area contributed by atoms with Crippen LogP contribution in [0.4, 0.5) is 0 Å². The van der Waals surface area contributed by atoms with E-state index in [1.807, 2.05) is 0 Å². The molecule has 0 atom stereocenters. The van der Waals surface area contributed by atoms with Gasteiger partial charge in [0.05, 0.1) is 0 Å². The molecule has 0 aromatic heterocycles. The molecule has 0 aromatic rings. The number of carbonyl (C=O) groups is 1. The van der Waals surface area contributed by atoms with E-state index in [1.54, 1.807) is 0 Å². The molecule has 0 fully saturated rings. The molecular formula is C4H10NO5P. The van der Waals surface area contributed by atoms with Crippen LogP contribution < -0.4 is 5.73 Å². The van der Waals surface area contributed by atoms with Crippen molar-refractivity contribution in [1.29, 1.82) is 0 Å². The molecule has 0 aromatic carbocycles. The smallest absolute Gasteiger partial charge is 0.371 e. The van der Waals surface area contributed by atoms with E-state index in [1.165, 1.54) is 0 Å². The molecular weight excluding hydrogens is 173 g/mol. The lowest BCUT2D eigenvalue weighted by Crippen LogP contribution is -2.06. The summed E-state index contributed by atoms with van der Waals surface area (Å²) in [5, 5.41) is 0. The Bertz CT molecular complexity index is 175. The molecule has 0 bridgehead atoms. The number of rotatable bonds is 4. The second-order valence-corrected chi connectivity index (χ2v) is 3.01. The molecule has 0 radical (unpaired) electrons. The Morgan fingerprint density at radius 2 is 2.09 bits per heavy atom. The lowest BCUT2D eigenvalue weighted by molar-refractivity contribution is -0.135. The number of nitrogens with two attached hydrogens (primary N) is 1. The Kier molecular flexibility index (Phi) is 4.29. The minimum atomic E-state index is -4.65. The van der Waals surface area contributed by atoms with Crippen LogP contribution in [0.25, 0.3) is 0 Å². The van der Waals surface area contributed by atoms with Gasteiger partial charge in [0.2, 0.25) is 0 Å². The van der Waals surface area contributed by atoms with Crippen molar-refractivity contribution in [2.24, 2.45) is 5.73 Å². The summed E-state index contributed by atoms with van der Waals surface area (Å²) in [6.45, 7) is 0.288. The van der Waals surface area contributed by atoms with Crippen LogP contribution in [0.2, 0.25) is 0 Å². The van der Waals surface area contributed by atoms with Gasteiger partial charge in [0.25, 0.3) is 0 Å². The van der Waals surface area contributed by atoms with Gasteiger partial charge in [0, 0.05) is 6.42 Å². The lowest BCUT2D eigenvalue weighted by Gasteiger charge is -2.03. The molecule has 0 unspecified atom stereocenters. The molecule has 7 heteroatoms. The van der Waals surface area contributed by atoms with Crippen LogP contribution in [-0.4, -0.2) is 22.3 Å². The van der Waals surface area contributed by atoms with Crippen molar-refractivity contribution < 1.29 is 23.7 Å². The highest BCUT2D eigenvalue weighted by molar-refractivity contribution is 7.46. The van der Waals surface area contributed by atoms with Crippen molar-refractivity contribution in [3.05, 3.63) is 0 Å². The van der Waals surface area contributed by atoms with Crippen molar-refractivity contribution in [3.8, 4) is 0 Å². The maximum Gasteiger partial charge on any atom is 0.526 e. The number of carbonyl (C=O) groups excluding carboxylic acids is 1. The van der Waals surface area contributed by atoms with E-state index in [0.717, 1.165) is 0 Å². The summed E-state index contributed by atoms with van der Waals surface area (Å²) in [7, 11) is -4.65. The summed E-state index contributed by atoms with van der Waals surface area (Å²) >= 11 is 0. The molecule has 4 N–H and O–H groups in total. The van der Waals surface area contributed by atoms with E-state index in [0.29, 0.717) is 6.42 Å². The number of phosphoric ester groups is 1. The summed E-state index contributed by atoms with van der Waals surface area (Å²) in [5.74, 6) is -0.927. The van der Waals surface area contributed by atoms with Crippen molar-refractivity contribution in [2.45, 2.75) is 12.8 Å². The van der Waals surface area contributed by atoms with E-state index in [-0.39, 0.29) is 13.0 Å². The van der Waals surface area contributed by atoms with Crippen molar-refractivity contribution in [3.63, 3.8) is 0 Å². The van der Waals surface area contributed by atoms with E-state index in [4.69, 9.17) is 15.5 Å². The summed E-state index contributed by atoms with van der Waals surface area (Å²) in [5.41, 5.74) is 5.04. The third kappa shape index (κ3) is 7.48. The van der Waals surface area contributed by atoms with Gasteiger partial charge in [-0.1, -0.05) is 0 Å². The average molecular weight is 183 g/mol. The van der Waals surface area contributed by atoms with Gasteiger partial charge in [-0.2, -0.15) is 0 Å². The largest absolute Gasteiger partial charge is 0.526 e. The third-order valence-electron chi connectivity index (χ3n) is 0.806. The Morgan fingerprint density at radius 3 is 2.45 bits per heavy atom. The van der Waals surface area contributed by atoms with Gasteiger partial charge < -0.3 is 10.3 Å². The molecule has 0 aliphatic rings. The van der Waals surface area contributed by atoms with Crippen molar-refractivity contribution in [1.82, 2.24) is 0 Å². The highest BCUT2D eigenvalue weighted by atomic mass is 31.2. The average Bonchev–Trinajstić information content (AvgIpc) is 1.79. The van der Waals surface area contributed by atoms with Crippen LogP contribution in [0.3, 0.4) is 0 Å². The first-order chi connectivity index (χ1) is 4.95. The highest BCUT2D eigenvalue weighted by Gasteiger charge is 2.19. The number of hydrogen-bond acceptors (Lipinski definition) is 4. The van der Waals surface area contributed by atoms with Gasteiger partial charge in [0.1, 0.15) is 0 Å². The fraction of sp³-hybridized carbons (Fsp3) is 0.750. The molecule has 0 heterocycles. The van der Waals surface area contributed by atoms with E-state index < -0.39 is 13.8 Å². The van der Waals surface area contributed by atoms with Crippen LogP contribution in [0, 0.1) is 0 Å². The molecule has 0 rings (SSSR count). The van der Waals surface area contributed by atoms with E-state index >= 15 is 0 Å². The van der Waals surface area contributed by atoms with Crippen molar-refractivity contribution >= 4 is 13.8 Å². The molecule has 0 amide bonds.